The Morgan fingerprint density at radius 1 is 1.12 bits per heavy atom. The first-order valence-corrected chi connectivity index (χ1v) is 4.89. The van der Waals surface area contributed by atoms with Crippen LogP contribution in [0.15, 0.2) is 48.8 Å². The smallest absolute Gasteiger partial charge is 0.269 e. The average Bonchev–Trinajstić information content (AvgIpc) is 2.31. The van der Waals surface area contributed by atoms with E-state index in [1.807, 2.05) is 19.1 Å². The van der Waals surface area contributed by atoms with Gasteiger partial charge >= 0.3 is 0 Å². The molecule has 1 N–H and O–H groups in total. The van der Waals surface area contributed by atoms with E-state index in [1.54, 1.807) is 12.4 Å². The number of benzene rings is 1. The number of phenolic OH excluding ortho intramolecular Hbond substituents is 1. The van der Waals surface area contributed by atoms with Gasteiger partial charge in [-0.15, -0.1) is 0 Å². The average molecular weight is 232 g/mol. The number of aromatic nitrogens is 1. The van der Waals surface area contributed by atoms with Gasteiger partial charge in [0.1, 0.15) is 5.75 Å². The predicted octanol–water partition coefficient (Wildman–Crippen LogP) is 2.69. The predicted molar refractivity (Wildman–Crippen MR) is 63.7 cm³/mol. The Balaban J connectivity index is 0.000000181. The van der Waals surface area contributed by atoms with Crippen LogP contribution in [-0.4, -0.2) is 15.0 Å². The summed E-state index contributed by atoms with van der Waals surface area (Å²) < 4.78 is 0. The topological polar surface area (TPSA) is 76.3 Å². The fourth-order valence-corrected chi connectivity index (χ4v) is 1.00. The lowest BCUT2D eigenvalue weighted by Crippen LogP contribution is -1.85. The van der Waals surface area contributed by atoms with E-state index in [4.69, 9.17) is 5.11 Å². The molecule has 0 aliphatic heterocycles. The molecule has 0 amide bonds. The number of aromatic hydroxyl groups is 1. The van der Waals surface area contributed by atoms with Crippen molar-refractivity contribution < 1.29 is 10.0 Å². The van der Waals surface area contributed by atoms with Crippen molar-refractivity contribution in [3.05, 3.63) is 64.5 Å². The van der Waals surface area contributed by atoms with Crippen molar-refractivity contribution in [3.63, 3.8) is 0 Å². The Morgan fingerprint density at radius 2 is 1.65 bits per heavy atom. The number of pyridine rings is 1. The lowest BCUT2D eigenvalue weighted by Gasteiger charge is -1.89. The van der Waals surface area contributed by atoms with Crippen LogP contribution < -0.4 is 0 Å². The van der Waals surface area contributed by atoms with Crippen LogP contribution in [0.4, 0.5) is 5.69 Å². The van der Waals surface area contributed by atoms with Gasteiger partial charge in [0.25, 0.3) is 5.69 Å². The molecule has 88 valence electrons. The van der Waals surface area contributed by atoms with Crippen LogP contribution in [0, 0.1) is 17.0 Å². The number of hydrogen-bond acceptors (Lipinski definition) is 4. The van der Waals surface area contributed by atoms with E-state index in [1.165, 1.54) is 29.8 Å². The standard InChI is InChI=1S/C6H5NO3.C6H7N/c8-6-3-1-5(2-4-6)7(9)10;1-6-2-4-7-5-3-6/h1-4,8H;2-5H,1H3. The number of nitrogens with zero attached hydrogens (tertiary/aromatic N) is 2. The summed E-state index contributed by atoms with van der Waals surface area (Å²) in [6.45, 7) is 2.04. The van der Waals surface area contributed by atoms with E-state index in [2.05, 4.69) is 4.98 Å². The minimum absolute atomic E-state index is 0.0159. The van der Waals surface area contributed by atoms with Crippen molar-refractivity contribution in [1.29, 1.82) is 0 Å². The van der Waals surface area contributed by atoms with E-state index in [9.17, 15) is 10.1 Å². The van der Waals surface area contributed by atoms with Crippen molar-refractivity contribution in [3.8, 4) is 5.75 Å². The highest BCUT2D eigenvalue weighted by Gasteiger charge is 2.01. The van der Waals surface area contributed by atoms with Crippen LogP contribution >= 0.6 is 0 Å². The number of aryl methyl sites for hydroxylation is 1. The number of nitro groups is 1. The largest absolute Gasteiger partial charge is 0.508 e. The second-order valence-corrected chi connectivity index (χ2v) is 3.30. The zero-order valence-corrected chi connectivity index (χ0v) is 9.28. The highest BCUT2D eigenvalue weighted by molar-refractivity contribution is 5.34. The van der Waals surface area contributed by atoms with Gasteiger partial charge in [-0.05, 0) is 36.8 Å². The molecular weight excluding hydrogens is 220 g/mol. The number of hydrogen-bond donors (Lipinski definition) is 1. The summed E-state index contributed by atoms with van der Waals surface area (Å²) in [5, 5.41) is 18.8. The van der Waals surface area contributed by atoms with Crippen LogP contribution in [0.1, 0.15) is 5.56 Å². The van der Waals surface area contributed by atoms with Crippen molar-refractivity contribution >= 4 is 5.69 Å². The zero-order chi connectivity index (χ0) is 12.7. The molecule has 0 saturated heterocycles. The first-order chi connectivity index (χ1) is 8.09. The van der Waals surface area contributed by atoms with Crippen LogP contribution in [0.3, 0.4) is 0 Å². The maximum absolute atomic E-state index is 10.0. The Morgan fingerprint density at radius 3 is 2.00 bits per heavy atom. The summed E-state index contributed by atoms with van der Waals surface area (Å²) in [4.78, 5) is 13.4. The van der Waals surface area contributed by atoms with Gasteiger partial charge in [0.05, 0.1) is 4.92 Å². The molecule has 5 heteroatoms. The van der Waals surface area contributed by atoms with Gasteiger partial charge in [-0.25, -0.2) is 0 Å². The molecule has 0 atom stereocenters. The highest BCUT2D eigenvalue weighted by atomic mass is 16.6. The highest BCUT2D eigenvalue weighted by Crippen LogP contribution is 2.14. The summed E-state index contributed by atoms with van der Waals surface area (Å²) in [6, 6.07) is 8.99. The maximum atomic E-state index is 10.0. The van der Waals surface area contributed by atoms with Gasteiger partial charge in [0.15, 0.2) is 0 Å². The molecular formula is C12H12N2O3. The second kappa shape index (κ2) is 6.22. The second-order valence-electron chi connectivity index (χ2n) is 3.30. The van der Waals surface area contributed by atoms with Crippen LogP contribution in [-0.2, 0) is 0 Å². The lowest BCUT2D eigenvalue weighted by atomic mass is 10.3. The maximum Gasteiger partial charge on any atom is 0.269 e. The Bertz CT molecular complexity index is 469. The fraction of sp³-hybridized carbons (Fsp3) is 0.0833. The first-order valence-electron chi connectivity index (χ1n) is 4.89. The molecule has 0 unspecified atom stereocenters. The lowest BCUT2D eigenvalue weighted by molar-refractivity contribution is -0.384. The SMILES string of the molecule is Cc1ccncc1.O=[N+]([O-])c1ccc(O)cc1. The van der Waals surface area contributed by atoms with Gasteiger partial charge in [-0.3, -0.25) is 15.1 Å². The summed E-state index contributed by atoms with van der Waals surface area (Å²) in [6.07, 6.45) is 3.57. The van der Waals surface area contributed by atoms with Crippen molar-refractivity contribution in [2.75, 3.05) is 0 Å². The number of rotatable bonds is 1. The Hall–Kier alpha value is -2.43. The molecule has 2 aromatic rings. The first kappa shape index (κ1) is 12.6. The van der Waals surface area contributed by atoms with E-state index < -0.39 is 4.92 Å². The molecule has 2 rings (SSSR count). The minimum atomic E-state index is -0.514. The molecule has 0 bridgehead atoms. The monoisotopic (exact) mass is 232 g/mol. The van der Waals surface area contributed by atoms with Crippen molar-refractivity contribution in [2.45, 2.75) is 6.92 Å². The number of phenols is 1. The summed E-state index contributed by atoms with van der Waals surface area (Å²) in [5.74, 6) is 0.0330. The van der Waals surface area contributed by atoms with E-state index in [0.717, 1.165) is 0 Å². The van der Waals surface area contributed by atoms with Gasteiger partial charge in [0, 0.05) is 24.5 Å². The van der Waals surface area contributed by atoms with E-state index in [0.29, 0.717) is 0 Å². The molecule has 1 aromatic heterocycles. The van der Waals surface area contributed by atoms with Gasteiger partial charge < -0.3 is 5.11 Å². The molecule has 17 heavy (non-hydrogen) atoms. The van der Waals surface area contributed by atoms with Crippen molar-refractivity contribution in [2.24, 2.45) is 0 Å². The van der Waals surface area contributed by atoms with Gasteiger partial charge in [-0.1, -0.05) is 0 Å². The van der Waals surface area contributed by atoms with Gasteiger partial charge in [0.2, 0.25) is 0 Å². The third kappa shape index (κ3) is 4.74. The molecule has 1 heterocycles. The minimum Gasteiger partial charge on any atom is -0.508 e. The molecule has 1 aromatic carbocycles. The van der Waals surface area contributed by atoms with Crippen molar-refractivity contribution in [1.82, 2.24) is 4.98 Å². The summed E-state index contributed by atoms with van der Waals surface area (Å²) in [7, 11) is 0. The quantitative estimate of drug-likeness (QED) is 0.605. The molecule has 0 radical (unpaired) electrons. The third-order valence-corrected chi connectivity index (χ3v) is 1.91. The molecule has 0 aliphatic rings. The Kier molecular flexibility index (Phi) is 4.62. The van der Waals surface area contributed by atoms with Crippen LogP contribution in [0.2, 0.25) is 0 Å². The number of non-ortho nitro benzene ring substituents is 1. The van der Waals surface area contributed by atoms with E-state index in [-0.39, 0.29) is 11.4 Å². The third-order valence-electron chi connectivity index (χ3n) is 1.91. The van der Waals surface area contributed by atoms with Crippen LogP contribution in [0.25, 0.3) is 0 Å². The molecule has 0 fully saturated rings. The summed E-state index contributed by atoms with van der Waals surface area (Å²) in [5.41, 5.74) is 1.24. The fourth-order valence-electron chi connectivity index (χ4n) is 1.00. The van der Waals surface area contributed by atoms with Gasteiger partial charge in [-0.2, -0.15) is 0 Å². The summed E-state index contributed by atoms with van der Waals surface area (Å²) >= 11 is 0. The normalized spacial score (nSPS) is 9.00. The molecule has 0 saturated carbocycles. The Labute approximate surface area is 98.5 Å². The van der Waals surface area contributed by atoms with E-state index >= 15 is 0 Å². The molecule has 0 spiro atoms. The molecule has 0 aliphatic carbocycles. The molecule has 5 nitrogen and oxygen atoms in total. The van der Waals surface area contributed by atoms with Crippen LogP contribution in [0.5, 0.6) is 5.75 Å². The number of nitro benzene ring substituents is 1. The zero-order valence-electron chi connectivity index (χ0n) is 9.28.